The van der Waals surface area contributed by atoms with Crippen molar-refractivity contribution in [1.29, 1.82) is 0 Å². The molecule has 1 aliphatic rings. The molecule has 1 saturated heterocycles. The molecule has 1 heterocycles. The fourth-order valence-corrected chi connectivity index (χ4v) is 5.75. The van der Waals surface area contributed by atoms with Gasteiger partial charge in [-0.1, -0.05) is 13.8 Å². The largest absolute Gasteiger partial charge is 0.399 e. The molecule has 21 heavy (non-hydrogen) atoms. The van der Waals surface area contributed by atoms with E-state index in [9.17, 15) is 8.42 Å². The second-order valence-corrected chi connectivity index (χ2v) is 8.44. The number of benzene rings is 1. The van der Waals surface area contributed by atoms with Gasteiger partial charge >= 0.3 is 0 Å². The highest BCUT2D eigenvalue weighted by atomic mass is 32.2. The molecule has 2 rings (SSSR count). The lowest BCUT2D eigenvalue weighted by atomic mass is 9.88. The van der Waals surface area contributed by atoms with Crippen LogP contribution in [-0.4, -0.2) is 25.3 Å². The summed E-state index contributed by atoms with van der Waals surface area (Å²) in [7, 11) is -3.48. The summed E-state index contributed by atoms with van der Waals surface area (Å²) in [6.45, 7) is 10.5. The SMILES string of the molecule is Cc1cc(N)cc(C)c1S(=O)(=O)N1CC(C)CC(C)C1C. The van der Waals surface area contributed by atoms with Gasteiger partial charge in [-0.3, -0.25) is 0 Å². The maximum Gasteiger partial charge on any atom is 0.243 e. The zero-order chi connectivity index (χ0) is 15.9. The van der Waals surface area contributed by atoms with Crippen molar-refractivity contribution in [3.05, 3.63) is 23.3 Å². The van der Waals surface area contributed by atoms with Gasteiger partial charge in [0.05, 0.1) is 4.90 Å². The van der Waals surface area contributed by atoms with Crippen LogP contribution < -0.4 is 5.73 Å². The highest BCUT2D eigenvalue weighted by molar-refractivity contribution is 7.89. The van der Waals surface area contributed by atoms with Crippen LogP contribution in [0.1, 0.15) is 38.3 Å². The topological polar surface area (TPSA) is 63.4 Å². The van der Waals surface area contributed by atoms with Gasteiger partial charge in [0.25, 0.3) is 0 Å². The number of hydrogen-bond acceptors (Lipinski definition) is 3. The van der Waals surface area contributed by atoms with E-state index >= 15 is 0 Å². The van der Waals surface area contributed by atoms with Gasteiger partial charge in [-0.25, -0.2) is 8.42 Å². The summed E-state index contributed by atoms with van der Waals surface area (Å²) in [4.78, 5) is 0.421. The van der Waals surface area contributed by atoms with E-state index in [1.165, 1.54) is 0 Å². The Hall–Kier alpha value is -1.07. The van der Waals surface area contributed by atoms with Gasteiger partial charge in [0.15, 0.2) is 0 Å². The number of piperidine rings is 1. The summed E-state index contributed by atoms with van der Waals surface area (Å²) in [5.41, 5.74) is 7.88. The van der Waals surface area contributed by atoms with E-state index in [0.717, 1.165) is 17.5 Å². The fraction of sp³-hybridized carbons (Fsp3) is 0.625. The molecular weight excluding hydrogens is 284 g/mol. The maximum absolute atomic E-state index is 13.1. The normalized spacial score (nSPS) is 27.8. The first kappa shape index (κ1) is 16.3. The van der Waals surface area contributed by atoms with Gasteiger partial charge in [0, 0.05) is 18.3 Å². The molecular formula is C16H26N2O2S. The lowest BCUT2D eigenvalue weighted by Crippen LogP contribution is -2.49. The van der Waals surface area contributed by atoms with Gasteiger partial charge in [-0.2, -0.15) is 4.31 Å². The first-order chi connectivity index (χ1) is 9.64. The average Bonchev–Trinajstić information content (AvgIpc) is 2.31. The minimum absolute atomic E-state index is 0.0301. The highest BCUT2D eigenvalue weighted by Gasteiger charge is 2.38. The summed E-state index contributed by atoms with van der Waals surface area (Å²) in [6.07, 6.45) is 1.08. The predicted octanol–water partition coefficient (Wildman–Crippen LogP) is 2.94. The van der Waals surface area contributed by atoms with Crippen LogP contribution in [0.2, 0.25) is 0 Å². The molecule has 0 bridgehead atoms. The molecule has 3 atom stereocenters. The van der Waals surface area contributed by atoms with Crippen molar-refractivity contribution in [3.8, 4) is 0 Å². The van der Waals surface area contributed by atoms with Gasteiger partial charge < -0.3 is 5.73 Å². The standard InChI is InChI=1S/C16H26N2O2S/c1-10-6-11(2)14(5)18(9-10)21(19,20)16-12(3)7-15(17)8-13(16)4/h7-8,10-11,14H,6,9,17H2,1-5H3. The smallest absolute Gasteiger partial charge is 0.243 e. The Bertz CT molecular complexity index is 617. The Balaban J connectivity index is 2.52. The number of nitrogen functional groups attached to an aromatic ring is 1. The molecule has 0 saturated carbocycles. The van der Waals surface area contributed by atoms with E-state index in [0.29, 0.717) is 29.0 Å². The summed E-state index contributed by atoms with van der Waals surface area (Å²) in [5.74, 6) is 0.762. The van der Waals surface area contributed by atoms with Crippen molar-refractivity contribution in [2.75, 3.05) is 12.3 Å². The van der Waals surface area contributed by atoms with Gasteiger partial charge in [0.1, 0.15) is 0 Å². The summed E-state index contributed by atoms with van der Waals surface area (Å²) < 4.78 is 27.9. The summed E-state index contributed by atoms with van der Waals surface area (Å²) in [6, 6.07) is 3.51. The minimum atomic E-state index is -3.48. The lowest BCUT2D eigenvalue weighted by Gasteiger charge is -2.40. The van der Waals surface area contributed by atoms with Gasteiger partial charge in [-0.15, -0.1) is 0 Å². The summed E-state index contributed by atoms with van der Waals surface area (Å²) in [5, 5.41) is 0. The zero-order valence-corrected chi connectivity index (χ0v) is 14.4. The van der Waals surface area contributed by atoms with Crippen LogP contribution >= 0.6 is 0 Å². The number of hydrogen-bond donors (Lipinski definition) is 1. The Labute approximate surface area is 128 Å². The number of aryl methyl sites for hydroxylation is 2. The number of sulfonamides is 1. The maximum atomic E-state index is 13.1. The van der Waals surface area contributed by atoms with Crippen LogP contribution in [0.5, 0.6) is 0 Å². The molecule has 3 unspecified atom stereocenters. The molecule has 118 valence electrons. The van der Waals surface area contributed by atoms with E-state index in [1.807, 2.05) is 20.8 Å². The second kappa shape index (κ2) is 5.61. The van der Waals surface area contributed by atoms with E-state index in [2.05, 4.69) is 13.8 Å². The third-order valence-corrected chi connectivity index (χ3v) is 6.85. The Morgan fingerprint density at radius 2 is 1.67 bits per heavy atom. The van der Waals surface area contributed by atoms with Crippen molar-refractivity contribution < 1.29 is 8.42 Å². The van der Waals surface area contributed by atoms with E-state index in [1.54, 1.807) is 16.4 Å². The van der Waals surface area contributed by atoms with Crippen LogP contribution in [-0.2, 0) is 10.0 Å². The molecule has 1 aromatic rings. The molecule has 1 fully saturated rings. The van der Waals surface area contributed by atoms with E-state index in [4.69, 9.17) is 5.73 Å². The number of anilines is 1. The van der Waals surface area contributed by atoms with Crippen LogP contribution in [0.4, 0.5) is 5.69 Å². The Kier molecular flexibility index (Phi) is 4.36. The molecule has 0 radical (unpaired) electrons. The quantitative estimate of drug-likeness (QED) is 0.854. The zero-order valence-electron chi connectivity index (χ0n) is 13.6. The molecule has 1 aromatic carbocycles. The van der Waals surface area contributed by atoms with Crippen molar-refractivity contribution in [2.45, 2.75) is 52.0 Å². The molecule has 0 aliphatic carbocycles. The predicted molar refractivity (Wildman–Crippen MR) is 86.6 cm³/mol. The van der Waals surface area contributed by atoms with Gasteiger partial charge in [-0.05, 0) is 62.3 Å². The van der Waals surface area contributed by atoms with Crippen LogP contribution in [0.25, 0.3) is 0 Å². The molecule has 1 aliphatic heterocycles. The molecule has 0 amide bonds. The second-order valence-electron chi connectivity index (χ2n) is 6.62. The van der Waals surface area contributed by atoms with Gasteiger partial charge in [0.2, 0.25) is 10.0 Å². The third-order valence-electron chi connectivity index (χ3n) is 4.59. The average molecular weight is 310 g/mol. The monoisotopic (exact) mass is 310 g/mol. The van der Waals surface area contributed by atoms with E-state index < -0.39 is 10.0 Å². The molecule has 0 spiro atoms. The Morgan fingerprint density at radius 3 is 2.19 bits per heavy atom. The van der Waals surface area contributed by atoms with Crippen LogP contribution in [0.3, 0.4) is 0 Å². The Morgan fingerprint density at radius 1 is 1.14 bits per heavy atom. The molecule has 5 heteroatoms. The van der Waals surface area contributed by atoms with Crippen LogP contribution in [0, 0.1) is 25.7 Å². The minimum Gasteiger partial charge on any atom is -0.399 e. The fourth-order valence-electron chi connectivity index (χ4n) is 3.49. The van der Waals surface area contributed by atoms with Crippen molar-refractivity contribution >= 4 is 15.7 Å². The van der Waals surface area contributed by atoms with Crippen molar-refractivity contribution in [3.63, 3.8) is 0 Å². The lowest BCUT2D eigenvalue weighted by molar-refractivity contribution is 0.157. The first-order valence-corrected chi connectivity index (χ1v) is 8.97. The van der Waals surface area contributed by atoms with Crippen molar-refractivity contribution in [2.24, 2.45) is 11.8 Å². The molecule has 4 nitrogen and oxygen atoms in total. The number of rotatable bonds is 2. The third kappa shape index (κ3) is 2.94. The number of nitrogens with zero attached hydrogens (tertiary/aromatic N) is 1. The summed E-state index contributed by atoms with van der Waals surface area (Å²) >= 11 is 0. The van der Waals surface area contributed by atoms with Crippen molar-refractivity contribution in [1.82, 2.24) is 4.31 Å². The van der Waals surface area contributed by atoms with Crippen LogP contribution in [0.15, 0.2) is 17.0 Å². The molecule has 2 N–H and O–H groups in total. The van der Waals surface area contributed by atoms with E-state index in [-0.39, 0.29) is 6.04 Å². The highest BCUT2D eigenvalue weighted by Crippen LogP contribution is 2.34. The number of nitrogens with two attached hydrogens (primary N) is 1. The molecule has 0 aromatic heterocycles. The first-order valence-electron chi connectivity index (χ1n) is 7.53.